The maximum Gasteiger partial charge on any atom is 0.124 e. The van der Waals surface area contributed by atoms with E-state index < -0.39 is 0 Å². The van der Waals surface area contributed by atoms with E-state index in [9.17, 15) is 0 Å². The summed E-state index contributed by atoms with van der Waals surface area (Å²) >= 11 is 0. The fourth-order valence-electron chi connectivity index (χ4n) is 2.11. The molecule has 0 fully saturated rings. The number of allylic oxidation sites excluding steroid dienone is 1. The Morgan fingerprint density at radius 2 is 1.95 bits per heavy atom. The number of hydrogen-bond donors (Lipinski definition) is 1. The van der Waals surface area contributed by atoms with Gasteiger partial charge in [0.25, 0.3) is 0 Å². The summed E-state index contributed by atoms with van der Waals surface area (Å²) in [5.74, 6) is 0.963. The minimum absolute atomic E-state index is 0.622. The minimum Gasteiger partial charge on any atom is -0.489 e. The molecule has 0 aliphatic rings. The summed E-state index contributed by atoms with van der Waals surface area (Å²) in [4.78, 5) is 0. The molecule has 0 saturated carbocycles. The van der Waals surface area contributed by atoms with E-state index in [2.05, 4.69) is 61.6 Å². The van der Waals surface area contributed by atoms with Crippen LogP contribution >= 0.6 is 0 Å². The molecular weight excluding hydrogens is 234 g/mol. The zero-order valence-corrected chi connectivity index (χ0v) is 11.9. The van der Waals surface area contributed by atoms with Crippen LogP contribution in [0, 0.1) is 0 Å². The van der Waals surface area contributed by atoms with Gasteiger partial charge in [0.2, 0.25) is 0 Å². The molecule has 0 unspecified atom stereocenters. The van der Waals surface area contributed by atoms with Crippen LogP contribution in [0.4, 0.5) is 0 Å². The molecule has 19 heavy (non-hydrogen) atoms. The minimum atomic E-state index is 0.622. The molecule has 0 atom stereocenters. The van der Waals surface area contributed by atoms with Crippen molar-refractivity contribution in [1.29, 1.82) is 0 Å². The highest BCUT2D eigenvalue weighted by molar-refractivity contribution is 5.87. The van der Waals surface area contributed by atoms with Gasteiger partial charge < -0.3 is 10.1 Å². The maximum absolute atomic E-state index is 5.89. The predicted molar refractivity (Wildman–Crippen MR) is 81.6 cm³/mol. The van der Waals surface area contributed by atoms with Gasteiger partial charge in [-0.25, -0.2) is 0 Å². The topological polar surface area (TPSA) is 21.3 Å². The van der Waals surface area contributed by atoms with Crippen LogP contribution in [-0.4, -0.2) is 13.7 Å². The molecule has 0 aromatic heterocycles. The number of fused-ring (bicyclic) bond motifs is 1. The molecule has 2 rings (SSSR count). The van der Waals surface area contributed by atoms with Gasteiger partial charge in [-0.05, 0) is 43.8 Å². The van der Waals surface area contributed by atoms with Crippen molar-refractivity contribution < 1.29 is 4.74 Å². The monoisotopic (exact) mass is 255 g/mol. The summed E-state index contributed by atoms with van der Waals surface area (Å²) in [6.07, 6.45) is 2.10. The molecule has 100 valence electrons. The molecule has 0 aliphatic heterocycles. The van der Waals surface area contributed by atoms with Gasteiger partial charge in [0.05, 0.1) is 0 Å². The summed E-state index contributed by atoms with van der Waals surface area (Å²) in [6, 6.07) is 12.6. The average molecular weight is 255 g/mol. The summed E-state index contributed by atoms with van der Waals surface area (Å²) in [5, 5.41) is 5.73. The zero-order chi connectivity index (χ0) is 13.7. The third-order valence-electron chi connectivity index (χ3n) is 3.08. The van der Waals surface area contributed by atoms with E-state index in [-0.39, 0.29) is 0 Å². The molecule has 0 spiro atoms. The SMILES string of the molecule is CNCc1c(OCC=C(C)C)ccc2ccccc12. The average Bonchev–Trinajstić information content (AvgIpc) is 2.41. The van der Waals surface area contributed by atoms with E-state index in [1.165, 1.54) is 21.9 Å². The van der Waals surface area contributed by atoms with Crippen molar-refractivity contribution >= 4 is 10.8 Å². The van der Waals surface area contributed by atoms with Crippen molar-refractivity contribution in [2.45, 2.75) is 20.4 Å². The van der Waals surface area contributed by atoms with Gasteiger partial charge in [-0.1, -0.05) is 35.9 Å². The Kier molecular flexibility index (Phi) is 4.58. The van der Waals surface area contributed by atoms with Gasteiger partial charge in [-0.2, -0.15) is 0 Å². The van der Waals surface area contributed by atoms with Crippen LogP contribution in [0.5, 0.6) is 5.75 Å². The third-order valence-corrected chi connectivity index (χ3v) is 3.08. The van der Waals surface area contributed by atoms with Crippen molar-refractivity contribution in [2.24, 2.45) is 0 Å². The molecule has 0 amide bonds. The van der Waals surface area contributed by atoms with E-state index in [1.54, 1.807) is 0 Å². The second-order valence-electron chi connectivity index (χ2n) is 4.89. The smallest absolute Gasteiger partial charge is 0.124 e. The molecule has 0 bridgehead atoms. The summed E-state index contributed by atoms with van der Waals surface area (Å²) in [6.45, 7) is 5.60. The quantitative estimate of drug-likeness (QED) is 0.818. The molecule has 2 aromatic carbocycles. The lowest BCUT2D eigenvalue weighted by Gasteiger charge is -2.13. The molecule has 2 nitrogen and oxygen atoms in total. The maximum atomic E-state index is 5.89. The summed E-state index contributed by atoms with van der Waals surface area (Å²) < 4.78 is 5.89. The van der Waals surface area contributed by atoms with Crippen LogP contribution in [-0.2, 0) is 6.54 Å². The van der Waals surface area contributed by atoms with Crippen LogP contribution in [0.1, 0.15) is 19.4 Å². The first kappa shape index (κ1) is 13.6. The highest BCUT2D eigenvalue weighted by Crippen LogP contribution is 2.28. The molecule has 0 saturated heterocycles. The molecule has 0 aliphatic carbocycles. The van der Waals surface area contributed by atoms with E-state index in [0.717, 1.165) is 12.3 Å². The molecular formula is C17H21NO. The first-order valence-corrected chi connectivity index (χ1v) is 6.63. The Morgan fingerprint density at radius 1 is 1.16 bits per heavy atom. The van der Waals surface area contributed by atoms with Crippen molar-refractivity contribution in [3.05, 3.63) is 53.6 Å². The van der Waals surface area contributed by atoms with Gasteiger partial charge in [0.15, 0.2) is 0 Å². The van der Waals surface area contributed by atoms with E-state index in [0.29, 0.717) is 6.61 Å². The lowest BCUT2D eigenvalue weighted by atomic mass is 10.0. The number of rotatable bonds is 5. The van der Waals surface area contributed by atoms with E-state index in [4.69, 9.17) is 4.74 Å². The second kappa shape index (κ2) is 6.39. The standard InChI is InChI=1S/C17H21NO/c1-13(2)10-11-19-17-9-8-14-6-4-5-7-15(14)16(17)12-18-3/h4-10,18H,11-12H2,1-3H3. The zero-order valence-electron chi connectivity index (χ0n) is 11.9. The lowest BCUT2D eigenvalue weighted by Crippen LogP contribution is -2.08. The Balaban J connectivity index is 2.36. The highest BCUT2D eigenvalue weighted by atomic mass is 16.5. The normalized spacial score (nSPS) is 10.5. The van der Waals surface area contributed by atoms with Crippen LogP contribution in [0.2, 0.25) is 0 Å². The molecule has 2 aromatic rings. The van der Waals surface area contributed by atoms with Crippen LogP contribution < -0.4 is 10.1 Å². The first-order chi connectivity index (χ1) is 9.22. The molecule has 0 heterocycles. The Bertz CT molecular complexity index is 583. The number of hydrogen-bond acceptors (Lipinski definition) is 2. The Labute approximate surface area is 115 Å². The second-order valence-corrected chi connectivity index (χ2v) is 4.89. The fraction of sp³-hybridized carbons (Fsp3) is 0.294. The number of nitrogens with one attached hydrogen (secondary N) is 1. The largest absolute Gasteiger partial charge is 0.489 e. The molecule has 2 heteroatoms. The van der Waals surface area contributed by atoms with Crippen molar-refractivity contribution in [1.82, 2.24) is 5.32 Å². The van der Waals surface area contributed by atoms with Crippen molar-refractivity contribution in [3.63, 3.8) is 0 Å². The van der Waals surface area contributed by atoms with Gasteiger partial charge in [0.1, 0.15) is 12.4 Å². The number of benzene rings is 2. The van der Waals surface area contributed by atoms with Gasteiger partial charge in [-0.3, -0.25) is 0 Å². The summed E-state index contributed by atoms with van der Waals surface area (Å²) in [7, 11) is 1.96. The van der Waals surface area contributed by atoms with Gasteiger partial charge in [-0.15, -0.1) is 0 Å². The van der Waals surface area contributed by atoms with Gasteiger partial charge in [0, 0.05) is 12.1 Å². The molecule has 0 radical (unpaired) electrons. The third kappa shape index (κ3) is 3.36. The Hall–Kier alpha value is -1.80. The van der Waals surface area contributed by atoms with Crippen LogP contribution in [0.25, 0.3) is 10.8 Å². The highest BCUT2D eigenvalue weighted by Gasteiger charge is 2.07. The predicted octanol–water partition coefficient (Wildman–Crippen LogP) is 3.90. The van der Waals surface area contributed by atoms with Crippen molar-refractivity contribution in [2.75, 3.05) is 13.7 Å². The first-order valence-electron chi connectivity index (χ1n) is 6.63. The number of ether oxygens (including phenoxy) is 1. The van der Waals surface area contributed by atoms with Crippen LogP contribution in [0.3, 0.4) is 0 Å². The Morgan fingerprint density at radius 3 is 2.68 bits per heavy atom. The van der Waals surface area contributed by atoms with E-state index in [1.807, 2.05) is 7.05 Å². The fourth-order valence-corrected chi connectivity index (χ4v) is 2.11. The van der Waals surface area contributed by atoms with Gasteiger partial charge >= 0.3 is 0 Å². The molecule has 1 N–H and O–H groups in total. The lowest BCUT2D eigenvalue weighted by molar-refractivity contribution is 0.358. The summed E-state index contributed by atoms with van der Waals surface area (Å²) in [5.41, 5.74) is 2.50. The van der Waals surface area contributed by atoms with E-state index >= 15 is 0 Å². The van der Waals surface area contributed by atoms with Crippen molar-refractivity contribution in [3.8, 4) is 5.75 Å². The van der Waals surface area contributed by atoms with Crippen LogP contribution in [0.15, 0.2) is 48.0 Å².